The average Bonchev–Trinajstić information content (AvgIpc) is 3.32. The van der Waals surface area contributed by atoms with Crippen LogP contribution in [0.2, 0.25) is 0 Å². The number of hydrogen-bond donors (Lipinski definition) is 1. The van der Waals surface area contributed by atoms with Crippen LogP contribution in [0.15, 0.2) is 88.8 Å². The van der Waals surface area contributed by atoms with E-state index in [-0.39, 0.29) is 22.0 Å². The molecule has 5 aromatic rings. The summed E-state index contributed by atoms with van der Waals surface area (Å²) >= 11 is 0. The number of aromatic amines is 1. The zero-order chi connectivity index (χ0) is 26.0. The maximum Gasteiger partial charge on any atom is 0.293 e. The summed E-state index contributed by atoms with van der Waals surface area (Å²) in [5.41, 5.74) is 1.46. The number of aromatic nitrogens is 4. The molecule has 3 heterocycles. The van der Waals surface area contributed by atoms with Gasteiger partial charge in [0.15, 0.2) is 27.2 Å². The van der Waals surface area contributed by atoms with Gasteiger partial charge in [-0.1, -0.05) is 13.0 Å². The summed E-state index contributed by atoms with van der Waals surface area (Å²) < 4.78 is 38.2. The molecule has 0 aliphatic heterocycles. The highest BCUT2D eigenvalue weighted by Gasteiger charge is 2.17. The van der Waals surface area contributed by atoms with Gasteiger partial charge < -0.3 is 19.0 Å². The fourth-order valence-corrected chi connectivity index (χ4v) is 5.15. The SMILES string of the molecule is CCCS(=O)(=O)c1ccc(Oc2cc(Oc3cccn(C)c3=O)c3nc(-c4ccccn4)[nH]c3c2)cc1. The van der Waals surface area contributed by atoms with E-state index in [4.69, 9.17) is 9.47 Å². The molecule has 10 heteroatoms. The van der Waals surface area contributed by atoms with Crippen molar-refractivity contribution in [1.29, 1.82) is 0 Å². The molecule has 0 amide bonds. The van der Waals surface area contributed by atoms with Crippen LogP contribution < -0.4 is 15.0 Å². The van der Waals surface area contributed by atoms with Gasteiger partial charge in [0.25, 0.3) is 5.56 Å². The van der Waals surface area contributed by atoms with E-state index in [2.05, 4.69) is 15.0 Å². The van der Waals surface area contributed by atoms with Crippen LogP contribution in [0.3, 0.4) is 0 Å². The zero-order valence-corrected chi connectivity index (χ0v) is 21.0. The number of benzene rings is 2. The molecule has 0 unspecified atom stereocenters. The van der Waals surface area contributed by atoms with Crippen LogP contribution in [-0.4, -0.2) is 33.7 Å². The first-order valence-electron chi connectivity index (χ1n) is 11.6. The van der Waals surface area contributed by atoms with Crippen molar-refractivity contribution in [2.45, 2.75) is 18.2 Å². The Morgan fingerprint density at radius 1 is 0.946 bits per heavy atom. The van der Waals surface area contributed by atoms with Gasteiger partial charge >= 0.3 is 0 Å². The highest BCUT2D eigenvalue weighted by Crippen LogP contribution is 2.36. The molecular formula is C27H24N4O5S. The number of fused-ring (bicyclic) bond motifs is 1. The minimum absolute atomic E-state index is 0.0853. The minimum Gasteiger partial charge on any atom is -0.457 e. The summed E-state index contributed by atoms with van der Waals surface area (Å²) in [7, 11) is -1.69. The van der Waals surface area contributed by atoms with Crippen molar-refractivity contribution in [3.05, 3.63) is 89.5 Å². The number of imidazole rings is 1. The molecule has 5 rings (SSSR count). The first kappa shape index (κ1) is 24.3. The zero-order valence-electron chi connectivity index (χ0n) is 20.2. The molecule has 3 aromatic heterocycles. The van der Waals surface area contributed by atoms with Crippen LogP contribution in [0, 0.1) is 0 Å². The first-order valence-corrected chi connectivity index (χ1v) is 13.3. The summed E-state index contributed by atoms with van der Waals surface area (Å²) in [4.78, 5) is 25.1. The van der Waals surface area contributed by atoms with Crippen molar-refractivity contribution in [1.82, 2.24) is 19.5 Å². The molecule has 2 aromatic carbocycles. The van der Waals surface area contributed by atoms with Crippen LogP contribution in [0.25, 0.3) is 22.6 Å². The molecule has 0 aliphatic rings. The number of sulfone groups is 1. The second-order valence-corrected chi connectivity index (χ2v) is 10.5. The van der Waals surface area contributed by atoms with Crippen molar-refractivity contribution in [2.75, 3.05) is 5.75 Å². The van der Waals surface area contributed by atoms with Crippen LogP contribution in [0.5, 0.6) is 23.0 Å². The van der Waals surface area contributed by atoms with Crippen molar-refractivity contribution >= 4 is 20.9 Å². The molecule has 0 saturated heterocycles. The topological polar surface area (TPSA) is 116 Å². The number of pyridine rings is 2. The summed E-state index contributed by atoms with van der Waals surface area (Å²) in [5, 5.41) is 0. The quantitative estimate of drug-likeness (QED) is 0.305. The number of nitrogens with zero attached hydrogens (tertiary/aromatic N) is 3. The van der Waals surface area contributed by atoms with Crippen LogP contribution in [-0.2, 0) is 16.9 Å². The van der Waals surface area contributed by atoms with Crippen LogP contribution in [0.4, 0.5) is 0 Å². The number of rotatable bonds is 8. The Balaban J connectivity index is 1.55. The van der Waals surface area contributed by atoms with Crippen molar-refractivity contribution in [3.63, 3.8) is 0 Å². The molecule has 0 fully saturated rings. The normalized spacial score (nSPS) is 11.5. The lowest BCUT2D eigenvalue weighted by atomic mass is 10.2. The molecule has 0 radical (unpaired) electrons. The minimum atomic E-state index is -3.33. The molecule has 0 spiro atoms. The Labute approximate surface area is 213 Å². The Bertz CT molecular complexity index is 1730. The van der Waals surface area contributed by atoms with Crippen LogP contribution >= 0.6 is 0 Å². The summed E-state index contributed by atoms with van der Waals surface area (Å²) in [6, 6.07) is 18.5. The van der Waals surface area contributed by atoms with E-state index in [0.29, 0.717) is 46.2 Å². The van der Waals surface area contributed by atoms with E-state index in [9.17, 15) is 13.2 Å². The van der Waals surface area contributed by atoms with Gasteiger partial charge in [-0.15, -0.1) is 0 Å². The van der Waals surface area contributed by atoms with E-state index >= 15 is 0 Å². The Morgan fingerprint density at radius 3 is 2.49 bits per heavy atom. The highest BCUT2D eigenvalue weighted by molar-refractivity contribution is 7.91. The molecule has 37 heavy (non-hydrogen) atoms. The van der Waals surface area contributed by atoms with Crippen molar-refractivity contribution in [2.24, 2.45) is 7.05 Å². The molecule has 0 aliphatic carbocycles. The van der Waals surface area contributed by atoms with E-state index in [1.54, 1.807) is 55.8 Å². The third-order valence-corrected chi connectivity index (χ3v) is 7.57. The van der Waals surface area contributed by atoms with E-state index < -0.39 is 9.84 Å². The van der Waals surface area contributed by atoms with Gasteiger partial charge in [0, 0.05) is 31.6 Å². The van der Waals surface area contributed by atoms with Gasteiger partial charge in [-0.3, -0.25) is 9.78 Å². The third kappa shape index (κ3) is 5.10. The van der Waals surface area contributed by atoms with Crippen molar-refractivity contribution in [3.8, 4) is 34.5 Å². The number of nitrogens with one attached hydrogen (secondary N) is 1. The molecule has 0 saturated carbocycles. The maximum absolute atomic E-state index is 12.6. The largest absolute Gasteiger partial charge is 0.457 e. The monoisotopic (exact) mass is 516 g/mol. The molecule has 9 nitrogen and oxygen atoms in total. The highest BCUT2D eigenvalue weighted by atomic mass is 32.2. The lowest BCUT2D eigenvalue weighted by molar-refractivity contribution is 0.457. The fourth-order valence-electron chi connectivity index (χ4n) is 3.83. The van der Waals surface area contributed by atoms with Gasteiger partial charge in [-0.05, 0) is 55.0 Å². The molecule has 0 atom stereocenters. The fraction of sp³-hybridized carbons (Fsp3) is 0.148. The molecule has 0 bridgehead atoms. The van der Waals surface area contributed by atoms with Gasteiger partial charge in [-0.2, -0.15) is 0 Å². The number of ether oxygens (including phenoxy) is 2. The summed E-state index contributed by atoms with van der Waals surface area (Å²) in [5.74, 6) is 1.93. The molecular weight excluding hydrogens is 492 g/mol. The standard InChI is InChI=1S/C27H24N4O5S/c1-3-15-37(33,34)20-11-9-18(10-12-20)35-19-16-22-25(30-26(29-22)21-7-4-5-13-28-21)24(17-19)36-23-8-6-14-31(2)27(23)32/h4-14,16-17H,3,15H2,1-2H3,(H,29,30). The smallest absolute Gasteiger partial charge is 0.293 e. The van der Waals surface area contributed by atoms with Gasteiger partial charge in [0.05, 0.1) is 16.2 Å². The predicted octanol–water partition coefficient (Wildman–Crippen LogP) is 5.09. The lowest BCUT2D eigenvalue weighted by Crippen LogP contribution is -2.16. The Morgan fingerprint density at radius 2 is 1.76 bits per heavy atom. The number of hydrogen-bond acceptors (Lipinski definition) is 7. The van der Waals surface area contributed by atoms with E-state index in [1.165, 1.54) is 16.7 Å². The molecule has 1 N–H and O–H groups in total. The second kappa shape index (κ2) is 9.90. The van der Waals surface area contributed by atoms with Crippen molar-refractivity contribution < 1.29 is 17.9 Å². The summed E-state index contributed by atoms with van der Waals surface area (Å²) in [6.07, 6.45) is 3.85. The van der Waals surface area contributed by atoms with E-state index in [1.807, 2.05) is 25.1 Å². The average molecular weight is 517 g/mol. The second-order valence-electron chi connectivity index (χ2n) is 8.40. The Hall–Kier alpha value is -4.44. The third-order valence-electron chi connectivity index (χ3n) is 5.63. The predicted molar refractivity (Wildman–Crippen MR) is 140 cm³/mol. The summed E-state index contributed by atoms with van der Waals surface area (Å²) in [6.45, 7) is 1.82. The van der Waals surface area contributed by atoms with Gasteiger partial charge in [0.1, 0.15) is 22.7 Å². The molecule has 188 valence electrons. The van der Waals surface area contributed by atoms with E-state index in [0.717, 1.165) is 0 Å². The maximum atomic E-state index is 12.6. The van der Waals surface area contributed by atoms with Gasteiger partial charge in [-0.25, -0.2) is 13.4 Å². The first-order chi connectivity index (χ1) is 17.8. The Kier molecular flexibility index (Phi) is 6.49. The van der Waals surface area contributed by atoms with Crippen LogP contribution in [0.1, 0.15) is 13.3 Å². The number of aryl methyl sites for hydroxylation is 1. The number of H-pyrrole nitrogens is 1. The lowest BCUT2D eigenvalue weighted by Gasteiger charge is -2.11. The van der Waals surface area contributed by atoms with Gasteiger partial charge in [0.2, 0.25) is 0 Å².